The molecule has 0 aliphatic carbocycles. The molecule has 2 heterocycles. The van der Waals surface area contributed by atoms with Gasteiger partial charge >= 0.3 is 0 Å². The van der Waals surface area contributed by atoms with Gasteiger partial charge in [0.25, 0.3) is 5.89 Å². The quantitative estimate of drug-likeness (QED) is 0.741. The lowest BCUT2D eigenvalue weighted by molar-refractivity contribution is 0.529. The van der Waals surface area contributed by atoms with Crippen LogP contribution in [0.4, 0.5) is 0 Å². The zero-order valence-electron chi connectivity index (χ0n) is 15.4. The van der Waals surface area contributed by atoms with Gasteiger partial charge in [-0.25, -0.2) is 13.1 Å². The lowest BCUT2D eigenvalue weighted by Crippen LogP contribution is -2.27. The smallest absolute Gasteiger partial charge is 0.250 e. The molecule has 0 unspecified atom stereocenters. The normalized spacial score (nSPS) is 13.1. The van der Waals surface area contributed by atoms with Crippen LogP contribution < -0.4 is 4.72 Å². The van der Waals surface area contributed by atoms with E-state index in [1.807, 2.05) is 55.8 Å². The van der Waals surface area contributed by atoms with Crippen molar-refractivity contribution in [1.29, 1.82) is 0 Å². The van der Waals surface area contributed by atoms with Crippen molar-refractivity contribution in [3.8, 4) is 11.5 Å². The molecule has 7 nitrogen and oxygen atoms in total. The summed E-state index contributed by atoms with van der Waals surface area (Å²) in [6.45, 7) is 7.09. The topological polar surface area (TPSA) is 90.0 Å². The number of hydrogen-bond donors (Lipinski definition) is 1. The van der Waals surface area contributed by atoms with Crippen LogP contribution in [0, 0.1) is 20.8 Å². The minimum atomic E-state index is -3.81. The predicted molar refractivity (Wildman–Crippen MR) is 98.1 cm³/mol. The van der Waals surface area contributed by atoms with Crippen LogP contribution in [0.25, 0.3) is 11.5 Å². The Morgan fingerprint density at radius 1 is 1.08 bits per heavy atom. The standard InChI is InChI=1S/C18H22N4O3S/c1-11(15-9-7-6-8-10-15)21-26(23,24)17-13(3)22(5)12(2)16(17)18-20-19-14(4)25-18/h6-11,21H,1-5H3/t11-/m0/s1. The maximum absolute atomic E-state index is 13.2. The fraction of sp³-hybridized carbons (Fsp3) is 0.333. The molecule has 0 fully saturated rings. The zero-order valence-corrected chi connectivity index (χ0v) is 16.3. The third-order valence-corrected chi connectivity index (χ3v) is 6.26. The molecule has 26 heavy (non-hydrogen) atoms. The van der Waals surface area contributed by atoms with Crippen LogP contribution in [0.3, 0.4) is 0 Å². The fourth-order valence-corrected chi connectivity index (χ4v) is 4.75. The molecule has 8 heteroatoms. The lowest BCUT2D eigenvalue weighted by Gasteiger charge is -2.15. The Kier molecular flexibility index (Phi) is 4.72. The molecule has 3 aromatic rings. The number of aryl methyl sites for hydroxylation is 1. The van der Waals surface area contributed by atoms with E-state index in [2.05, 4.69) is 14.9 Å². The first-order valence-corrected chi connectivity index (χ1v) is 9.74. The molecule has 1 aromatic carbocycles. The fourth-order valence-electron chi connectivity index (χ4n) is 3.00. The van der Waals surface area contributed by atoms with Crippen LogP contribution in [0.2, 0.25) is 0 Å². The first-order valence-electron chi connectivity index (χ1n) is 8.26. The van der Waals surface area contributed by atoms with E-state index >= 15 is 0 Å². The molecule has 0 amide bonds. The van der Waals surface area contributed by atoms with Crippen LogP contribution in [-0.2, 0) is 17.1 Å². The summed E-state index contributed by atoms with van der Waals surface area (Å²) in [5.74, 6) is 0.589. The summed E-state index contributed by atoms with van der Waals surface area (Å²) < 4.78 is 36.5. The van der Waals surface area contributed by atoms with Crippen molar-refractivity contribution in [1.82, 2.24) is 19.5 Å². The molecule has 0 bridgehead atoms. The minimum Gasteiger partial charge on any atom is -0.421 e. The van der Waals surface area contributed by atoms with Gasteiger partial charge in [-0.05, 0) is 26.3 Å². The number of nitrogens with zero attached hydrogens (tertiary/aromatic N) is 3. The second-order valence-corrected chi connectivity index (χ2v) is 7.96. The number of sulfonamides is 1. The summed E-state index contributed by atoms with van der Waals surface area (Å²) >= 11 is 0. The molecular weight excluding hydrogens is 352 g/mol. The van der Waals surface area contributed by atoms with Crippen molar-refractivity contribution in [2.24, 2.45) is 7.05 Å². The maximum atomic E-state index is 13.2. The Hall–Kier alpha value is -2.45. The second kappa shape index (κ2) is 6.69. The summed E-state index contributed by atoms with van der Waals surface area (Å²) in [6, 6.07) is 9.05. The molecule has 0 aliphatic rings. The maximum Gasteiger partial charge on any atom is 0.250 e. The van der Waals surface area contributed by atoms with Gasteiger partial charge in [0.05, 0.1) is 5.56 Å². The van der Waals surface area contributed by atoms with Crippen molar-refractivity contribution in [3.05, 3.63) is 53.2 Å². The van der Waals surface area contributed by atoms with Crippen LogP contribution in [0.5, 0.6) is 0 Å². The highest BCUT2D eigenvalue weighted by molar-refractivity contribution is 7.89. The summed E-state index contributed by atoms with van der Waals surface area (Å²) in [7, 11) is -1.99. The monoisotopic (exact) mass is 374 g/mol. The average molecular weight is 374 g/mol. The molecule has 0 saturated heterocycles. The van der Waals surface area contributed by atoms with E-state index in [0.717, 1.165) is 11.3 Å². The largest absolute Gasteiger partial charge is 0.421 e. The summed E-state index contributed by atoms with van der Waals surface area (Å²) in [5, 5.41) is 7.85. The van der Waals surface area contributed by atoms with Gasteiger partial charge in [-0.1, -0.05) is 30.3 Å². The third kappa shape index (κ3) is 3.17. The lowest BCUT2D eigenvalue weighted by atomic mass is 10.1. The van der Waals surface area contributed by atoms with Gasteiger partial charge in [0, 0.05) is 31.4 Å². The second-order valence-electron chi connectivity index (χ2n) is 6.31. The van der Waals surface area contributed by atoms with Gasteiger partial charge in [0.15, 0.2) is 0 Å². The van der Waals surface area contributed by atoms with Crippen LogP contribution in [0.15, 0.2) is 39.6 Å². The SMILES string of the molecule is Cc1nnc(-c2c(S(=O)(=O)N[C@@H](C)c3ccccc3)c(C)n(C)c2C)o1. The summed E-state index contributed by atoms with van der Waals surface area (Å²) in [4.78, 5) is 0.170. The van der Waals surface area contributed by atoms with Gasteiger partial charge in [-0.2, -0.15) is 0 Å². The Balaban J connectivity index is 2.09. The molecular formula is C18H22N4O3S. The van der Waals surface area contributed by atoms with E-state index in [9.17, 15) is 8.42 Å². The number of rotatable bonds is 5. The average Bonchev–Trinajstić information content (AvgIpc) is 3.12. The van der Waals surface area contributed by atoms with Crippen LogP contribution >= 0.6 is 0 Å². The highest BCUT2D eigenvalue weighted by Crippen LogP contribution is 2.35. The minimum absolute atomic E-state index is 0.170. The van der Waals surface area contributed by atoms with Gasteiger partial charge in [0.1, 0.15) is 4.90 Å². The summed E-state index contributed by atoms with van der Waals surface area (Å²) in [6.07, 6.45) is 0. The van der Waals surface area contributed by atoms with E-state index in [-0.39, 0.29) is 16.8 Å². The first kappa shape index (κ1) is 18.3. The van der Waals surface area contributed by atoms with E-state index < -0.39 is 10.0 Å². The van der Waals surface area contributed by atoms with Crippen LogP contribution in [-0.4, -0.2) is 23.2 Å². The highest BCUT2D eigenvalue weighted by atomic mass is 32.2. The molecule has 1 atom stereocenters. The molecule has 138 valence electrons. The number of hydrogen-bond acceptors (Lipinski definition) is 5. The van der Waals surface area contributed by atoms with Gasteiger partial charge < -0.3 is 8.98 Å². The van der Waals surface area contributed by atoms with Crippen LogP contribution in [0.1, 0.15) is 35.8 Å². The Labute approximate surface area is 153 Å². The van der Waals surface area contributed by atoms with E-state index in [0.29, 0.717) is 17.1 Å². The van der Waals surface area contributed by atoms with Gasteiger partial charge in [0.2, 0.25) is 15.9 Å². The van der Waals surface area contributed by atoms with Gasteiger partial charge in [-0.15, -0.1) is 10.2 Å². The molecule has 1 N–H and O–H groups in total. The molecule has 0 radical (unpaired) electrons. The predicted octanol–water partition coefficient (Wildman–Crippen LogP) is 3.04. The Bertz CT molecular complexity index is 1040. The van der Waals surface area contributed by atoms with Crippen molar-refractivity contribution in [2.45, 2.75) is 38.6 Å². The molecule has 3 rings (SSSR count). The van der Waals surface area contributed by atoms with Crippen molar-refractivity contribution in [2.75, 3.05) is 0 Å². The number of aromatic nitrogens is 3. The van der Waals surface area contributed by atoms with Crippen molar-refractivity contribution in [3.63, 3.8) is 0 Å². The van der Waals surface area contributed by atoms with Crippen molar-refractivity contribution < 1.29 is 12.8 Å². The van der Waals surface area contributed by atoms with Gasteiger partial charge in [-0.3, -0.25) is 0 Å². The number of nitrogens with one attached hydrogen (secondary N) is 1. The number of benzene rings is 1. The first-order chi connectivity index (χ1) is 12.2. The third-order valence-electron chi connectivity index (χ3n) is 4.56. The summed E-state index contributed by atoms with van der Waals surface area (Å²) in [5.41, 5.74) is 2.69. The molecule has 0 saturated carbocycles. The van der Waals surface area contributed by atoms with E-state index in [1.54, 1.807) is 13.8 Å². The highest BCUT2D eigenvalue weighted by Gasteiger charge is 2.31. The zero-order chi connectivity index (χ0) is 19.1. The molecule has 0 spiro atoms. The molecule has 0 aliphatic heterocycles. The molecule has 2 aromatic heterocycles. The Morgan fingerprint density at radius 2 is 1.73 bits per heavy atom. The van der Waals surface area contributed by atoms with E-state index in [4.69, 9.17) is 4.42 Å². The van der Waals surface area contributed by atoms with E-state index in [1.165, 1.54) is 0 Å². The van der Waals surface area contributed by atoms with Crippen molar-refractivity contribution >= 4 is 10.0 Å². The Morgan fingerprint density at radius 3 is 2.31 bits per heavy atom.